The molecule has 0 N–H and O–H groups in total. The summed E-state index contributed by atoms with van der Waals surface area (Å²) in [6.07, 6.45) is 1.81. The van der Waals surface area contributed by atoms with Crippen LogP contribution in [0.4, 0.5) is 0 Å². The van der Waals surface area contributed by atoms with Gasteiger partial charge in [0.05, 0.1) is 30.9 Å². The van der Waals surface area contributed by atoms with Crippen molar-refractivity contribution in [1.29, 1.82) is 0 Å². The number of aromatic nitrogens is 2. The van der Waals surface area contributed by atoms with Crippen LogP contribution in [0.3, 0.4) is 0 Å². The van der Waals surface area contributed by atoms with Gasteiger partial charge in [0, 0.05) is 23.3 Å². The van der Waals surface area contributed by atoms with Gasteiger partial charge in [-0.15, -0.1) is 0 Å². The van der Waals surface area contributed by atoms with E-state index >= 15 is 0 Å². The quantitative estimate of drug-likeness (QED) is 0.718. The summed E-state index contributed by atoms with van der Waals surface area (Å²) in [5, 5.41) is 0. The maximum Gasteiger partial charge on any atom is 0.161 e. The molecular formula is C16H15BrN2O2. The minimum absolute atomic E-state index is 0.717. The fraction of sp³-hybridized carbons (Fsp3) is 0.188. The highest BCUT2D eigenvalue weighted by atomic mass is 79.9. The molecule has 0 spiro atoms. The summed E-state index contributed by atoms with van der Waals surface area (Å²) in [6, 6.07) is 10.0. The van der Waals surface area contributed by atoms with E-state index in [-0.39, 0.29) is 0 Å². The number of nitrogens with zero attached hydrogens (tertiary/aromatic N) is 2. The van der Waals surface area contributed by atoms with E-state index in [0.717, 1.165) is 38.3 Å². The maximum absolute atomic E-state index is 5.37. The van der Waals surface area contributed by atoms with Crippen LogP contribution in [-0.2, 0) is 7.05 Å². The van der Waals surface area contributed by atoms with Crippen molar-refractivity contribution in [2.45, 2.75) is 0 Å². The van der Waals surface area contributed by atoms with E-state index in [4.69, 9.17) is 9.47 Å². The fourth-order valence-corrected chi connectivity index (χ4v) is 2.77. The Morgan fingerprint density at radius 2 is 1.81 bits per heavy atom. The molecule has 3 rings (SSSR count). The van der Waals surface area contributed by atoms with Crippen molar-refractivity contribution >= 4 is 27.0 Å². The zero-order valence-corrected chi connectivity index (χ0v) is 13.6. The number of benzene rings is 1. The molecule has 2 aromatic heterocycles. The normalized spacial score (nSPS) is 10.9. The Balaban J connectivity index is 2.18. The highest BCUT2D eigenvalue weighted by molar-refractivity contribution is 9.10. The van der Waals surface area contributed by atoms with Crippen molar-refractivity contribution in [1.82, 2.24) is 9.55 Å². The largest absolute Gasteiger partial charge is 0.493 e. The van der Waals surface area contributed by atoms with Crippen LogP contribution >= 0.6 is 15.9 Å². The number of hydrogen-bond donors (Lipinski definition) is 0. The van der Waals surface area contributed by atoms with Gasteiger partial charge in [-0.2, -0.15) is 0 Å². The molecular weight excluding hydrogens is 332 g/mol. The highest BCUT2D eigenvalue weighted by Gasteiger charge is 2.12. The van der Waals surface area contributed by atoms with E-state index in [0.29, 0.717) is 0 Å². The van der Waals surface area contributed by atoms with Gasteiger partial charge < -0.3 is 14.0 Å². The lowest BCUT2D eigenvalue weighted by Crippen LogP contribution is -1.94. The third-order valence-corrected chi connectivity index (χ3v) is 3.97. The Kier molecular flexibility index (Phi) is 3.59. The number of fused-ring (bicyclic) bond motifs is 1. The topological polar surface area (TPSA) is 36.3 Å². The number of rotatable bonds is 3. The molecule has 21 heavy (non-hydrogen) atoms. The number of ether oxygens (including phenoxy) is 2. The predicted molar refractivity (Wildman–Crippen MR) is 87.0 cm³/mol. The van der Waals surface area contributed by atoms with E-state index in [9.17, 15) is 0 Å². The van der Waals surface area contributed by atoms with Crippen molar-refractivity contribution in [2.24, 2.45) is 7.05 Å². The van der Waals surface area contributed by atoms with Crippen LogP contribution in [0.25, 0.3) is 22.3 Å². The zero-order valence-electron chi connectivity index (χ0n) is 12.1. The zero-order chi connectivity index (χ0) is 15.0. The predicted octanol–water partition coefficient (Wildman–Crippen LogP) is 4.02. The fourth-order valence-electron chi connectivity index (χ4n) is 2.45. The van der Waals surface area contributed by atoms with Gasteiger partial charge in [-0.1, -0.05) is 0 Å². The van der Waals surface area contributed by atoms with Crippen LogP contribution in [0.5, 0.6) is 11.5 Å². The Morgan fingerprint density at radius 1 is 1.05 bits per heavy atom. The number of aryl methyl sites for hydroxylation is 1. The molecule has 0 amide bonds. The van der Waals surface area contributed by atoms with Gasteiger partial charge >= 0.3 is 0 Å². The molecule has 0 unspecified atom stereocenters. The van der Waals surface area contributed by atoms with Gasteiger partial charge in [0.2, 0.25) is 0 Å². The first-order chi connectivity index (χ1) is 10.1. The number of pyridine rings is 1. The van der Waals surface area contributed by atoms with Crippen molar-refractivity contribution in [3.05, 3.63) is 41.0 Å². The molecule has 0 radical (unpaired) electrons. The molecule has 0 aliphatic rings. The van der Waals surface area contributed by atoms with Gasteiger partial charge in [0.1, 0.15) is 0 Å². The Bertz CT molecular complexity index is 811. The first-order valence-corrected chi connectivity index (χ1v) is 7.26. The van der Waals surface area contributed by atoms with Gasteiger partial charge in [-0.05, 0) is 46.3 Å². The Hall–Kier alpha value is -2.01. The number of halogens is 1. The molecule has 3 aromatic rings. The molecule has 1 aromatic carbocycles. The first-order valence-electron chi connectivity index (χ1n) is 6.47. The van der Waals surface area contributed by atoms with Crippen LogP contribution in [0.15, 0.2) is 41.0 Å². The maximum atomic E-state index is 5.37. The van der Waals surface area contributed by atoms with E-state index < -0.39 is 0 Å². The summed E-state index contributed by atoms with van der Waals surface area (Å²) in [5.74, 6) is 1.44. The lowest BCUT2D eigenvalue weighted by Gasteiger charge is -2.10. The molecule has 0 atom stereocenters. The molecule has 4 nitrogen and oxygen atoms in total. The van der Waals surface area contributed by atoms with Gasteiger partial charge in [-0.3, -0.25) is 4.98 Å². The lowest BCUT2D eigenvalue weighted by molar-refractivity contribution is 0.355. The van der Waals surface area contributed by atoms with Gasteiger partial charge in [0.15, 0.2) is 11.5 Å². The van der Waals surface area contributed by atoms with Crippen LogP contribution in [0, 0.1) is 0 Å². The minimum Gasteiger partial charge on any atom is -0.493 e. The molecule has 0 bridgehead atoms. The van der Waals surface area contributed by atoms with E-state index in [2.05, 4.69) is 37.6 Å². The van der Waals surface area contributed by atoms with Crippen LogP contribution in [-0.4, -0.2) is 23.8 Å². The van der Waals surface area contributed by atoms with Crippen LogP contribution in [0.1, 0.15) is 0 Å². The summed E-state index contributed by atoms with van der Waals surface area (Å²) in [5.41, 5.74) is 4.18. The Morgan fingerprint density at radius 3 is 2.52 bits per heavy atom. The second kappa shape index (κ2) is 5.41. The van der Waals surface area contributed by atoms with E-state index in [1.807, 2.05) is 25.2 Å². The van der Waals surface area contributed by atoms with Crippen molar-refractivity contribution in [3.8, 4) is 22.8 Å². The van der Waals surface area contributed by atoms with Crippen LogP contribution < -0.4 is 9.47 Å². The summed E-state index contributed by atoms with van der Waals surface area (Å²) in [4.78, 5) is 4.44. The smallest absolute Gasteiger partial charge is 0.161 e. The van der Waals surface area contributed by atoms with E-state index in [1.165, 1.54) is 0 Å². The van der Waals surface area contributed by atoms with Crippen molar-refractivity contribution in [2.75, 3.05) is 14.2 Å². The van der Waals surface area contributed by atoms with Gasteiger partial charge in [0.25, 0.3) is 0 Å². The molecule has 0 aliphatic heterocycles. The highest BCUT2D eigenvalue weighted by Crippen LogP contribution is 2.34. The molecule has 0 saturated carbocycles. The summed E-state index contributed by atoms with van der Waals surface area (Å²) in [6.45, 7) is 0. The second-order valence-corrected chi connectivity index (χ2v) is 5.63. The van der Waals surface area contributed by atoms with Crippen molar-refractivity contribution < 1.29 is 9.47 Å². The third-order valence-electron chi connectivity index (χ3n) is 3.54. The van der Waals surface area contributed by atoms with Gasteiger partial charge in [-0.25, -0.2) is 0 Å². The Labute approximate surface area is 131 Å². The minimum atomic E-state index is 0.717. The average molecular weight is 347 g/mol. The summed E-state index contributed by atoms with van der Waals surface area (Å²) < 4.78 is 13.7. The summed E-state index contributed by atoms with van der Waals surface area (Å²) >= 11 is 3.46. The molecule has 2 heterocycles. The average Bonchev–Trinajstić information content (AvgIpc) is 2.83. The van der Waals surface area contributed by atoms with Crippen molar-refractivity contribution in [3.63, 3.8) is 0 Å². The van der Waals surface area contributed by atoms with E-state index in [1.54, 1.807) is 20.4 Å². The molecule has 0 fully saturated rings. The lowest BCUT2D eigenvalue weighted by atomic mass is 10.1. The second-order valence-electron chi connectivity index (χ2n) is 4.72. The first kappa shape index (κ1) is 13.9. The number of hydrogen-bond acceptors (Lipinski definition) is 3. The molecule has 0 aliphatic carbocycles. The van der Waals surface area contributed by atoms with Crippen LogP contribution in [0.2, 0.25) is 0 Å². The third kappa shape index (κ3) is 2.38. The standard InChI is InChI=1S/C16H15BrN2O2/c1-19-13(8-12-14(19)7-11(17)9-18-12)10-4-5-15(20-2)16(6-10)21-3/h4-9H,1-3H3. The molecule has 108 valence electrons. The monoisotopic (exact) mass is 346 g/mol. The molecule has 5 heteroatoms. The SMILES string of the molecule is COc1ccc(-c2cc3ncc(Br)cc3n2C)cc1OC. The number of methoxy groups -OCH3 is 2. The molecule has 0 saturated heterocycles. The summed E-state index contributed by atoms with van der Waals surface area (Å²) in [7, 11) is 5.31.